The molecule has 2 atom stereocenters. The van der Waals surface area contributed by atoms with Crippen LogP contribution in [0, 0.1) is 0 Å². The molecule has 19 heavy (non-hydrogen) atoms. The highest BCUT2D eigenvalue weighted by Crippen LogP contribution is 2.04. The number of aliphatic carboxylic acids is 1. The van der Waals surface area contributed by atoms with Crippen molar-refractivity contribution in [3.63, 3.8) is 0 Å². The van der Waals surface area contributed by atoms with Gasteiger partial charge >= 0.3 is 11.9 Å². The van der Waals surface area contributed by atoms with E-state index in [9.17, 15) is 9.59 Å². The van der Waals surface area contributed by atoms with Crippen molar-refractivity contribution in [1.29, 1.82) is 0 Å². The molecule has 0 radical (unpaired) electrons. The molecule has 1 rings (SSSR count). The zero-order valence-electron chi connectivity index (χ0n) is 10.3. The Labute approximate surface area is 110 Å². The first kappa shape index (κ1) is 15.1. The molecule has 7 heteroatoms. The minimum atomic E-state index is -1.20. The Hall–Kier alpha value is -1.96. The van der Waals surface area contributed by atoms with Crippen molar-refractivity contribution >= 4 is 11.9 Å². The summed E-state index contributed by atoms with van der Waals surface area (Å²) in [5.41, 5.74) is 8.37. The number of carbonyl (C=O) groups is 2. The van der Waals surface area contributed by atoms with E-state index in [0.717, 1.165) is 5.56 Å². The van der Waals surface area contributed by atoms with Crippen molar-refractivity contribution in [2.75, 3.05) is 0 Å². The van der Waals surface area contributed by atoms with E-state index in [0.29, 0.717) is 0 Å². The molecule has 0 spiro atoms. The van der Waals surface area contributed by atoms with Gasteiger partial charge in [-0.2, -0.15) is 0 Å². The molecule has 0 saturated heterocycles. The predicted octanol–water partition coefficient (Wildman–Crippen LogP) is -0.636. The number of nitrogens with two attached hydrogens (primary N) is 2. The third-order valence-electron chi connectivity index (χ3n) is 2.52. The smallest absolute Gasteiger partial charge is 0.324 e. The van der Waals surface area contributed by atoms with Crippen LogP contribution in [-0.4, -0.2) is 29.1 Å². The summed E-state index contributed by atoms with van der Waals surface area (Å²) in [6.45, 7) is 0.0974. The normalized spacial score (nSPS) is 13.6. The van der Waals surface area contributed by atoms with Gasteiger partial charge in [-0.25, -0.2) is 5.43 Å². The summed E-state index contributed by atoms with van der Waals surface area (Å²) < 4.78 is 5.03. The summed E-state index contributed by atoms with van der Waals surface area (Å²) in [6, 6.07) is 6.98. The number of carbonyl (C=O) groups excluding carboxylic acids is 1. The molecule has 1 aromatic rings. The fourth-order valence-corrected chi connectivity index (χ4v) is 1.42. The van der Waals surface area contributed by atoms with E-state index in [4.69, 9.17) is 21.4 Å². The first-order valence-corrected chi connectivity index (χ1v) is 5.69. The van der Waals surface area contributed by atoms with Gasteiger partial charge in [0.15, 0.2) is 0 Å². The number of hydrogen-bond acceptors (Lipinski definition) is 6. The first-order chi connectivity index (χ1) is 9.04. The number of esters is 1. The van der Waals surface area contributed by atoms with Crippen LogP contribution in [0.3, 0.4) is 0 Å². The molecule has 7 nitrogen and oxygen atoms in total. The van der Waals surface area contributed by atoms with E-state index in [1.165, 1.54) is 0 Å². The van der Waals surface area contributed by atoms with Gasteiger partial charge in [0.1, 0.15) is 18.7 Å². The SMILES string of the molecule is NNC(CC(N)C(=O)O)C(=O)OCc1ccccc1. The number of ether oxygens (including phenoxy) is 1. The maximum absolute atomic E-state index is 11.7. The van der Waals surface area contributed by atoms with Gasteiger partial charge < -0.3 is 15.6 Å². The first-order valence-electron chi connectivity index (χ1n) is 5.69. The van der Waals surface area contributed by atoms with Crippen molar-refractivity contribution in [3.05, 3.63) is 35.9 Å². The molecule has 0 heterocycles. The molecule has 0 aliphatic heterocycles. The van der Waals surface area contributed by atoms with E-state index >= 15 is 0 Å². The van der Waals surface area contributed by atoms with Gasteiger partial charge in [-0.05, 0) is 5.56 Å². The fraction of sp³-hybridized carbons (Fsp3) is 0.333. The Morgan fingerprint density at radius 3 is 2.47 bits per heavy atom. The minimum Gasteiger partial charge on any atom is -0.480 e. The van der Waals surface area contributed by atoms with Crippen LogP contribution in [-0.2, 0) is 20.9 Å². The van der Waals surface area contributed by atoms with Gasteiger partial charge in [0.05, 0.1) is 0 Å². The van der Waals surface area contributed by atoms with Crippen LogP contribution in [0.15, 0.2) is 30.3 Å². The van der Waals surface area contributed by atoms with Crippen LogP contribution < -0.4 is 17.0 Å². The number of carboxylic acids is 1. The minimum absolute atomic E-state index is 0.0974. The maximum Gasteiger partial charge on any atom is 0.324 e. The maximum atomic E-state index is 11.7. The zero-order valence-corrected chi connectivity index (χ0v) is 10.3. The molecule has 104 valence electrons. The van der Waals surface area contributed by atoms with Crippen LogP contribution >= 0.6 is 0 Å². The molecule has 0 amide bonds. The lowest BCUT2D eigenvalue weighted by molar-refractivity contribution is -0.148. The predicted molar refractivity (Wildman–Crippen MR) is 67.6 cm³/mol. The standard InChI is InChI=1S/C12H17N3O4/c13-9(11(16)17)6-10(15-14)12(18)19-7-8-4-2-1-3-5-8/h1-5,9-10,15H,6-7,13-14H2,(H,16,17). The van der Waals surface area contributed by atoms with Gasteiger partial charge in [0.25, 0.3) is 0 Å². The third kappa shape index (κ3) is 5.04. The second kappa shape index (κ2) is 7.47. The van der Waals surface area contributed by atoms with E-state index in [-0.39, 0.29) is 13.0 Å². The highest BCUT2D eigenvalue weighted by atomic mass is 16.5. The summed E-state index contributed by atoms with van der Waals surface area (Å²) in [5.74, 6) is 3.36. The Kier molecular flexibility index (Phi) is 5.94. The summed E-state index contributed by atoms with van der Waals surface area (Å²) in [5, 5.41) is 8.67. The molecule has 2 unspecified atom stereocenters. The molecular weight excluding hydrogens is 250 g/mol. The van der Waals surface area contributed by atoms with E-state index in [2.05, 4.69) is 5.43 Å². The Morgan fingerprint density at radius 1 is 1.32 bits per heavy atom. The van der Waals surface area contributed by atoms with Crippen LogP contribution in [0.25, 0.3) is 0 Å². The van der Waals surface area contributed by atoms with Crippen molar-refractivity contribution in [2.24, 2.45) is 11.6 Å². The quantitative estimate of drug-likeness (QED) is 0.294. The highest BCUT2D eigenvalue weighted by Gasteiger charge is 2.24. The Balaban J connectivity index is 2.48. The van der Waals surface area contributed by atoms with E-state index < -0.39 is 24.0 Å². The zero-order chi connectivity index (χ0) is 14.3. The van der Waals surface area contributed by atoms with E-state index in [1.54, 1.807) is 12.1 Å². The van der Waals surface area contributed by atoms with Gasteiger partial charge in [-0.15, -0.1) is 0 Å². The summed E-state index contributed by atoms with van der Waals surface area (Å²) in [6.07, 6.45) is -0.139. The van der Waals surface area contributed by atoms with Crippen LogP contribution in [0.2, 0.25) is 0 Å². The van der Waals surface area contributed by atoms with Crippen LogP contribution in [0.5, 0.6) is 0 Å². The van der Waals surface area contributed by atoms with Gasteiger partial charge in [-0.3, -0.25) is 15.4 Å². The topological polar surface area (TPSA) is 128 Å². The molecule has 0 aromatic heterocycles. The second-order valence-electron chi connectivity index (χ2n) is 3.99. The summed E-state index contributed by atoms with van der Waals surface area (Å²) >= 11 is 0. The summed E-state index contributed by atoms with van der Waals surface area (Å²) in [7, 11) is 0. The van der Waals surface area contributed by atoms with Gasteiger partial charge in [0.2, 0.25) is 0 Å². The highest BCUT2D eigenvalue weighted by molar-refractivity contribution is 5.78. The average Bonchev–Trinajstić information content (AvgIpc) is 2.42. The van der Waals surface area contributed by atoms with E-state index in [1.807, 2.05) is 18.2 Å². The molecule has 0 aliphatic carbocycles. The van der Waals surface area contributed by atoms with Crippen molar-refractivity contribution in [2.45, 2.75) is 25.1 Å². The number of nitrogens with one attached hydrogen (secondary N) is 1. The third-order valence-corrected chi connectivity index (χ3v) is 2.52. The lowest BCUT2D eigenvalue weighted by Crippen LogP contribution is -2.47. The lowest BCUT2D eigenvalue weighted by Gasteiger charge is -2.16. The van der Waals surface area contributed by atoms with Gasteiger partial charge in [0, 0.05) is 6.42 Å². The molecule has 0 bridgehead atoms. The lowest BCUT2D eigenvalue weighted by atomic mass is 10.1. The molecule has 0 aliphatic rings. The monoisotopic (exact) mass is 267 g/mol. The molecule has 1 aromatic carbocycles. The number of rotatable bonds is 7. The average molecular weight is 267 g/mol. The Bertz CT molecular complexity index is 424. The fourth-order valence-electron chi connectivity index (χ4n) is 1.42. The molecule has 0 saturated carbocycles. The van der Waals surface area contributed by atoms with Crippen LogP contribution in [0.1, 0.15) is 12.0 Å². The second-order valence-corrected chi connectivity index (χ2v) is 3.99. The number of hydrazine groups is 1. The van der Waals surface area contributed by atoms with Gasteiger partial charge in [-0.1, -0.05) is 30.3 Å². The summed E-state index contributed by atoms with van der Waals surface area (Å²) in [4.78, 5) is 22.3. The molecule has 0 fully saturated rings. The number of hydrogen-bond donors (Lipinski definition) is 4. The number of carboxylic acid groups (broad SMARTS) is 1. The van der Waals surface area contributed by atoms with Crippen molar-refractivity contribution in [1.82, 2.24) is 5.43 Å². The Morgan fingerprint density at radius 2 is 1.95 bits per heavy atom. The van der Waals surface area contributed by atoms with Crippen molar-refractivity contribution < 1.29 is 19.4 Å². The van der Waals surface area contributed by atoms with Crippen molar-refractivity contribution in [3.8, 4) is 0 Å². The number of benzene rings is 1. The van der Waals surface area contributed by atoms with Crippen LogP contribution in [0.4, 0.5) is 0 Å². The largest absolute Gasteiger partial charge is 0.480 e. The molecule has 6 N–H and O–H groups in total. The molecular formula is C12H17N3O4.